The molecule has 19 heavy (non-hydrogen) atoms. The van der Waals surface area contributed by atoms with Crippen LogP contribution < -0.4 is 5.32 Å². The second kappa shape index (κ2) is 6.21. The number of benzene rings is 1. The van der Waals surface area contributed by atoms with Crippen LogP contribution in [0.1, 0.15) is 18.4 Å². The Hall–Kier alpha value is -0.640. The fraction of sp³-hybridized carbons (Fsp3) is 0.467. The predicted molar refractivity (Wildman–Crippen MR) is 85.1 cm³/mol. The fourth-order valence-electron chi connectivity index (χ4n) is 2.67. The van der Waals surface area contributed by atoms with Gasteiger partial charge in [0.25, 0.3) is 0 Å². The number of thioether (sulfide) groups is 1. The Morgan fingerprint density at radius 3 is 3.00 bits per heavy atom. The van der Waals surface area contributed by atoms with Crippen molar-refractivity contribution in [1.82, 2.24) is 10.3 Å². The first-order valence-electron chi connectivity index (χ1n) is 6.87. The Morgan fingerprint density at radius 2 is 2.16 bits per heavy atom. The molecule has 1 aromatic carbocycles. The molecule has 102 valence electrons. The van der Waals surface area contributed by atoms with Gasteiger partial charge >= 0.3 is 0 Å². The molecular formula is C15H19ClN2S. The maximum absolute atomic E-state index is 6.00. The average molecular weight is 295 g/mol. The van der Waals surface area contributed by atoms with E-state index in [0.717, 1.165) is 29.5 Å². The number of fused-ring (bicyclic) bond motifs is 1. The number of H-pyrrole nitrogens is 1. The van der Waals surface area contributed by atoms with Crippen molar-refractivity contribution in [3.63, 3.8) is 0 Å². The van der Waals surface area contributed by atoms with Gasteiger partial charge in [-0.2, -0.15) is 11.8 Å². The Bertz CT molecular complexity index is 546. The lowest BCUT2D eigenvalue weighted by Crippen LogP contribution is -2.25. The van der Waals surface area contributed by atoms with E-state index in [1.807, 2.05) is 12.1 Å². The monoisotopic (exact) mass is 294 g/mol. The Balaban J connectivity index is 1.59. The predicted octanol–water partition coefficient (Wildman–Crippen LogP) is 4.05. The molecule has 0 saturated carbocycles. The van der Waals surface area contributed by atoms with Crippen LogP contribution in [0.5, 0.6) is 0 Å². The van der Waals surface area contributed by atoms with E-state index in [0.29, 0.717) is 0 Å². The zero-order valence-electron chi connectivity index (χ0n) is 10.9. The van der Waals surface area contributed by atoms with Gasteiger partial charge in [-0.25, -0.2) is 0 Å². The molecular weight excluding hydrogens is 276 g/mol. The van der Waals surface area contributed by atoms with Crippen molar-refractivity contribution in [2.24, 2.45) is 5.92 Å². The van der Waals surface area contributed by atoms with Gasteiger partial charge in [-0.05, 0) is 54.5 Å². The number of aromatic nitrogens is 1. The summed E-state index contributed by atoms with van der Waals surface area (Å²) in [5.74, 6) is 3.52. The summed E-state index contributed by atoms with van der Waals surface area (Å²) in [6.07, 6.45) is 4.81. The normalized spacial score (nSPS) is 17.1. The zero-order valence-corrected chi connectivity index (χ0v) is 12.5. The van der Waals surface area contributed by atoms with Crippen molar-refractivity contribution in [3.8, 4) is 0 Å². The summed E-state index contributed by atoms with van der Waals surface area (Å²) in [5.41, 5.74) is 2.45. The highest BCUT2D eigenvalue weighted by Gasteiger charge is 2.13. The second-order valence-electron chi connectivity index (χ2n) is 5.19. The minimum Gasteiger partial charge on any atom is -0.361 e. The lowest BCUT2D eigenvalue weighted by atomic mass is 10.0. The summed E-state index contributed by atoms with van der Waals surface area (Å²) in [4.78, 5) is 3.29. The average Bonchev–Trinajstić information content (AvgIpc) is 2.82. The highest BCUT2D eigenvalue weighted by Crippen LogP contribution is 2.23. The van der Waals surface area contributed by atoms with E-state index in [2.05, 4.69) is 34.3 Å². The van der Waals surface area contributed by atoms with Crippen LogP contribution in [0.2, 0.25) is 5.02 Å². The van der Waals surface area contributed by atoms with Crippen LogP contribution in [-0.4, -0.2) is 23.0 Å². The molecule has 1 aromatic heterocycles. The van der Waals surface area contributed by atoms with Crippen molar-refractivity contribution in [2.45, 2.75) is 19.4 Å². The van der Waals surface area contributed by atoms with Gasteiger partial charge in [0.2, 0.25) is 0 Å². The van der Waals surface area contributed by atoms with Crippen molar-refractivity contribution < 1.29 is 0 Å². The fourth-order valence-corrected chi connectivity index (χ4v) is 4.04. The second-order valence-corrected chi connectivity index (χ2v) is 6.85. The van der Waals surface area contributed by atoms with Gasteiger partial charge in [0.15, 0.2) is 0 Å². The number of halogens is 1. The van der Waals surface area contributed by atoms with Crippen molar-refractivity contribution in [2.75, 3.05) is 18.1 Å². The van der Waals surface area contributed by atoms with E-state index < -0.39 is 0 Å². The Kier molecular flexibility index (Phi) is 4.36. The molecule has 0 unspecified atom stereocenters. The molecule has 1 saturated heterocycles. The minimum absolute atomic E-state index is 0.786. The maximum Gasteiger partial charge on any atom is 0.0472 e. The van der Waals surface area contributed by atoms with Gasteiger partial charge in [-0.3, -0.25) is 0 Å². The summed E-state index contributed by atoms with van der Waals surface area (Å²) < 4.78 is 0. The van der Waals surface area contributed by atoms with Crippen LogP contribution in [0.4, 0.5) is 0 Å². The van der Waals surface area contributed by atoms with Gasteiger partial charge in [-0.15, -0.1) is 0 Å². The molecule has 2 aromatic rings. The first-order chi connectivity index (χ1) is 9.33. The van der Waals surface area contributed by atoms with E-state index >= 15 is 0 Å². The standard InChI is InChI=1S/C15H19ClN2S/c16-13-1-2-14-12(10-18-15(14)7-13)9-17-8-11-3-5-19-6-4-11/h1-2,7,10-11,17-18H,3-6,8-9H2. The SMILES string of the molecule is Clc1ccc2c(CNCC3CCSCC3)c[nH]c2c1. The van der Waals surface area contributed by atoms with Crippen molar-refractivity contribution in [3.05, 3.63) is 35.0 Å². The molecule has 1 fully saturated rings. The molecule has 1 aliphatic heterocycles. The highest BCUT2D eigenvalue weighted by atomic mass is 35.5. The van der Waals surface area contributed by atoms with E-state index in [9.17, 15) is 0 Å². The number of hydrogen-bond acceptors (Lipinski definition) is 2. The van der Waals surface area contributed by atoms with E-state index in [1.54, 1.807) is 0 Å². The number of rotatable bonds is 4. The van der Waals surface area contributed by atoms with Crippen LogP contribution in [-0.2, 0) is 6.54 Å². The summed E-state index contributed by atoms with van der Waals surface area (Å²) in [6, 6.07) is 6.04. The molecule has 0 bridgehead atoms. The van der Waals surface area contributed by atoms with E-state index in [4.69, 9.17) is 11.6 Å². The number of hydrogen-bond donors (Lipinski definition) is 2. The lowest BCUT2D eigenvalue weighted by Gasteiger charge is -2.21. The van der Waals surface area contributed by atoms with Gasteiger partial charge in [-0.1, -0.05) is 17.7 Å². The molecule has 0 spiro atoms. The third-order valence-electron chi connectivity index (χ3n) is 3.82. The van der Waals surface area contributed by atoms with Crippen LogP contribution >= 0.6 is 23.4 Å². The molecule has 0 aliphatic carbocycles. The third-order valence-corrected chi connectivity index (χ3v) is 5.10. The summed E-state index contributed by atoms with van der Waals surface area (Å²) in [6.45, 7) is 2.08. The van der Waals surface area contributed by atoms with Crippen LogP contribution in [0, 0.1) is 5.92 Å². The molecule has 2 nitrogen and oxygen atoms in total. The maximum atomic E-state index is 6.00. The molecule has 0 amide bonds. The first-order valence-corrected chi connectivity index (χ1v) is 8.40. The zero-order chi connectivity index (χ0) is 13.1. The summed E-state index contributed by atoms with van der Waals surface area (Å²) in [7, 11) is 0. The smallest absolute Gasteiger partial charge is 0.0472 e. The largest absolute Gasteiger partial charge is 0.361 e. The molecule has 1 aliphatic rings. The van der Waals surface area contributed by atoms with Gasteiger partial charge in [0.1, 0.15) is 0 Å². The van der Waals surface area contributed by atoms with Crippen LogP contribution in [0.15, 0.2) is 24.4 Å². The van der Waals surface area contributed by atoms with Crippen molar-refractivity contribution >= 4 is 34.3 Å². The molecule has 3 rings (SSSR count). The number of aromatic amines is 1. The van der Waals surface area contributed by atoms with E-state index in [-0.39, 0.29) is 0 Å². The minimum atomic E-state index is 0.786. The molecule has 0 atom stereocenters. The van der Waals surface area contributed by atoms with E-state index in [1.165, 1.54) is 35.3 Å². The lowest BCUT2D eigenvalue weighted by molar-refractivity contribution is 0.448. The summed E-state index contributed by atoms with van der Waals surface area (Å²) >= 11 is 8.08. The van der Waals surface area contributed by atoms with Gasteiger partial charge in [0.05, 0.1) is 0 Å². The number of nitrogens with one attached hydrogen (secondary N) is 2. The third kappa shape index (κ3) is 3.28. The Labute approximate surface area is 123 Å². The Morgan fingerprint density at radius 1 is 1.32 bits per heavy atom. The molecule has 2 N–H and O–H groups in total. The summed E-state index contributed by atoms with van der Waals surface area (Å²) in [5, 5.41) is 5.66. The van der Waals surface area contributed by atoms with Crippen LogP contribution in [0.3, 0.4) is 0 Å². The van der Waals surface area contributed by atoms with Crippen LogP contribution in [0.25, 0.3) is 10.9 Å². The highest BCUT2D eigenvalue weighted by molar-refractivity contribution is 7.99. The van der Waals surface area contributed by atoms with Crippen molar-refractivity contribution in [1.29, 1.82) is 0 Å². The van der Waals surface area contributed by atoms with Gasteiger partial charge < -0.3 is 10.3 Å². The topological polar surface area (TPSA) is 27.8 Å². The quantitative estimate of drug-likeness (QED) is 0.890. The molecule has 0 radical (unpaired) electrons. The molecule has 2 heterocycles. The van der Waals surface area contributed by atoms with Gasteiger partial charge in [0, 0.05) is 28.7 Å². The molecule has 4 heteroatoms. The first kappa shape index (κ1) is 13.3.